The molecular weight excluding hydrogens is 487 g/mol. The van der Waals surface area contributed by atoms with Crippen LogP contribution in [0.25, 0.3) is 5.69 Å². The number of non-ortho nitro benzene ring substituents is 1. The zero-order valence-electron chi connectivity index (χ0n) is 19.0. The van der Waals surface area contributed by atoms with Crippen LogP contribution >= 0.6 is 23.2 Å². The van der Waals surface area contributed by atoms with E-state index in [0.29, 0.717) is 22.3 Å². The zero-order chi connectivity index (χ0) is 24.9. The first-order chi connectivity index (χ1) is 16.8. The Morgan fingerprint density at radius 1 is 1.03 bits per heavy atom. The summed E-state index contributed by atoms with van der Waals surface area (Å²) in [7, 11) is 0. The Bertz CT molecular complexity index is 1380. The number of rotatable bonds is 8. The number of nitrogens with one attached hydrogen (secondary N) is 1. The fourth-order valence-corrected chi connectivity index (χ4v) is 4.10. The van der Waals surface area contributed by atoms with Gasteiger partial charge in [0.1, 0.15) is 12.4 Å². The number of ether oxygens (including phenoxy) is 1. The van der Waals surface area contributed by atoms with Gasteiger partial charge in [0.15, 0.2) is 0 Å². The Morgan fingerprint density at radius 3 is 2.40 bits per heavy atom. The molecule has 0 aliphatic carbocycles. The molecule has 0 aliphatic heterocycles. The second kappa shape index (κ2) is 10.6. The van der Waals surface area contributed by atoms with Crippen LogP contribution in [0.5, 0.6) is 5.75 Å². The van der Waals surface area contributed by atoms with Gasteiger partial charge in [0.05, 0.1) is 16.8 Å². The summed E-state index contributed by atoms with van der Waals surface area (Å²) in [4.78, 5) is 10.3. The molecule has 0 spiro atoms. The second-order valence-corrected chi connectivity index (χ2v) is 8.70. The highest BCUT2D eigenvalue weighted by atomic mass is 35.5. The minimum absolute atomic E-state index is 0.0354. The molecule has 3 aromatic carbocycles. The minimum Gasteiger partial charge on any atom is -0.489 e. The fourth-order valence-electron chi connectivity index (χ4n) is 3.64. The topological polar surface area (TPSA) is 81.7 Å². The van der Waals surface area contributed by atoms with Crippen LogP contribution in [-0.4, -0.2) is 15.7 Å². The quantitative estimate of drug-likeness (QED) is 0.153. The molecule has 0 aliphatic rings. The summed E-state index contributed by atoms with van der Waals surface area (Å²) in [5, 5.41) is 16.2. The van der Waals surface area contributed by atoms with Crippen LogP contribution in [-0.2, 0) is 6.61 Å². The number of aryl methyl sites for hydroxylation is 1. The van der Waals surface area contributed by atoms with E-state index in [2.05, 4.69) is 15.1 Å². The molecule has 0 radical (unpaired) electrons. The highest BCUT2D eigenvalue weighted by molar-refractivity contribution is 6.35. The number of halogens is 2. The third-order valence-corrected chi connectivity index (χ3v) is 6.04. The van der Waals surface area contributed by atoms with Crippen LogP contribution in [0, 0.1) is 24.0 Å². The van der Waals surface area contributed by atoms with E-state index >= 15 is 0 Å². The molecule has 7 nitrogen and oxygen atoms in total. The van der Waals surface area contributed by atoms with Crippen molar-refractivity contribution >= 4 is 40.8 Å². The van der Waals surface area contributed by atoms with E-state index in [1.807, 2.05) is 50.2 Å². The number of hydrazone groups is 1. The first kappa shape index (κ1) is 24.3. The lowest BCUT2D eigenvalue weighted by atomic mass is 10.2. The number of nitro benzene ring substituents is 1. The van der Waals surface area contributed by atoms with Gasteiger partial charge >= 0.3 is 0 Å². The molecule has 9 heteroatoms. The average Bonchev–Trinajstić information content (AvgIpc) is 3.12. The smallest absolute Gasteiger partial charge is 0.269 e. The van der Waals surface area contributed by atoms with Crippen molar-refractivity contribution in [2.75, 3.05) is 5.43 Å². The molecular formula is C26H22Cl2N4O3. The van der Waals surface area contributed by atoms with Gasteiger partial charge in [-0.05, 0) is 68.4 Å². The summed E-state index contributed by atoms with van der Waals surface area (Å²) in [6, 6.07) is 21.3. The van der Waals surface area contributed by atoms with Crippen molar-refractivity contribution in [3.05, 3.63) is 115 Å². The molecule has 1 N–H and O–H groups in total. The first-order valence-corrected chi connectivity index (χ1v) is 11.5. The van der Waals surface area contributed by atoms with E-state index < -0.39 is 4.92 Å². The van der Waals surface area contributed by atoms with E-state index in [0.717, 1.165) is 34.0 Å². The van der Waals surface area contributed by atoms with Crippen molar-refractivity contribution in [2.24, 2.45) is 5.10 Å². The SMILES string of the molecule is Cc1cc(/C=N\Nc2ccc([N+](=O)[O-])cc2)c(C)n1-c1ccc(OCc2ccc(Cl)cc2Cl)cc1. The first-order valence-electron chi connectivity index (χ1n) is 10.7. The van der Waals surface area contributed by atoms with E-state index in [1.54, 1.807) is 30.5 Å². The largest absolute Gasteiger partial charge is 0.489 e. The van der Waals surface area contributed by atoms with E-state index in [1.165, 1.54) is 12.1 Å². The van der Waals surface area contributed by atoms with Crippen LogP contribution in [0.1, 0.15) is 22.5 Å². The standard InChI is InChI=1S/C26H22Cl2N4O3/c1-17-13-20(15-29-30-22-5-7-24(8-6-22)32(33)34)18(2)31(17)23-9-11-25(12-10-23)35-16-19-3-4-21(27)14-26(19)28/h3-15,30H,16H2,1-2H3/b29-15-. The molecule has 4 rings (SSSR count). The fraction of sp³-hybridized carbons (Fsp3) is 0.115. The second-order valence-electron chi connectivity index (χ2n) is 7.85. The molecule has 0 atom stereocenters. The molecule has 1 heterocycles. The van der Waals surface area contributed by atoms with Crippen LogP contribution in [0.4, 0.5) is 11.4 Å². The maximum absolute atomic E-state index is 10.8. The van der Waals surface area contributed by atoms with Crippen LogP contribution in [0.2, 0.25) is 10.0 Å². The lowest BCUT2D eigenvalue weighted by molar-refractivity contribution is -0.384. The summed E-state index contributed by atoms with van der Waals surface area (Å²) >= 11 is 12.2. The molecule has 0 fully saturated rings. The van der Waals surface area contributed by atoms with Crippen molar-refractivity contribution < 1.29 is 9.66 Å². The molecule has 35 heavy (non-hydrogen) atoms. The third kappa shape index (κ3) is 5.82. The monoisotopic (exact) mass is 508 g/mol. The molecule has 0 bridgehead atoms. The predicted octanol–water partition coefficient (Wildman–Crippen LogP) is 7.33. The van der Waals surface area contributed by atoms with E-state index in [-0.39, 0.29) is 5.69 Å². The third-order valence-electron chi connectivity index (χ3n) is 5.45. The number of nitro groups is 1. The number of benzene rings is 3. The minimum atomic E-state index is -0.435. The van der Waals surface area contributed by atoms with Gasteiger partial charge < -0.3 is 9.30 Å². The molecule has 0 unspecified atom stereocenters. The van der Waals surface area contributed by atoms with Gasteiger partial charge in [0, 0.05) is 50.4 Å². The highest BCUT2D eigenvalue weighted by Crippen LogP contribution is 2.25. The van der Waals surface area contributed by atoms with Gasteiger partial charge in [0.25, 0.3) is 5.69 Å². The van der Waals surface area contributed by atoms with Crippen molar-refractivity contribution in [3.8, 4) is 11.4 Å². The Kier molecular flexibility index (Phi) is 7.39. The summed E-state index contributed by atoms with van der Waals surface area (Å²) in [5.74, 6) is 0.733. The van der Waals surface area contributed by atoms with Gasteiger partial charge in [0.2, 0.25) is 0 Å². The Hall–Kier alpha value is -3.81. The number of anilines is 1. The maximum Gasteiger partial charge on any atom is 0.269 e. The number of aromatic nitrogens is 1. The molecule has 0 saturated heterocycles. The van der Waals surface area contributed by atoms with Gasteiger partial charge in [-0.3, -0.25) is 15.5 Å². The summed E-state index contributed by atoms with van der Waals surface area (Å²) in [6.45, 7) is 4.40. The van der Waals surface area contributed by atoms with Crippen LogP contribution < -0.4 is 10.2 Å². The summed E-state index contributed by atoms with van der Waals surface area (Å²) in [6.07, 6.45) is 1.73. The predicted molar refractivity (Wildman–Crippen MR) is 140 cm³/mol. The number of nitrogens with zero attached hydrogens (tertiary/aromatic N) is 3. The van der Waals surface area contributed by atoms with Crippen LogP contribution in [0.3, 0.4) is 0 Å². The van der Waals surface area contributed by atoms with Crippen molar-refractivity contribution in [1.29, 1.82) is 0 Å². The maximum atomic E-state index is 10.8. The van der Waals surface area contributed by atoms with Gasteiger partial charge in [-0.15, -0.1) is 0 Å². The van der Waals surface area contributed by atoms with Crippen molar-refractivity contribution in [3.63, 3.8) is 0 Å². The summed E-state index contributed by atoms with van der Waals surface area (Å²) in [5.41, 5.74) is 8.50. The Balaban J connectivity index is 1.43. The lowest BCUT2D eigenvalue weighted by Crippen LogP contribution is -2.01. The Morgan fingerprint density at radius 2 is 1.74 bits per heavy atom. The normalized spacial score (nSPS) is 11.1. The Labute approximate surface area is 212 Å². The number of hydrogen-bond donors (Lipinski definition) is 1. The summed E-state index contributed by atoms with van der Waals surface area (Å²) < 4.78 is 8.01. The van der Waals surface area contributed by atoms with E-state index in [4.69, 9.17) is 27.9 Å². The van der Waals surface area contributed by atoms with Crippen molar-refractivity contribution in [1.82, 2.24) is 4.57 Å². The molecule has 0 amide bonds. The zero-order valence-corrected chi connectivity index (χ0v) is 20.5. The van der Waals surface area contributed by atoms with Gasteiger partial charge in [-0.25, -0.2) is 0 Å². The van der Waals surface area contributed by atoms with Gasteiger partial charge in [-0.1, -0.05) is 29.3 Å². The highest BCUT2D eigenvalue weighted by Gasteiger charge is 2.10. The molecule has 4 aromatic rings. The van der Waals surface area contributed by atoms with E-state index in [9.17, 15) is 10.1 Å². The average molecular weight is 509 g/mol. The molecule has 178 valence electrons. The van der Waals surface area contributed by atoms with Gasteiger partial charge in [-0.2, -0.15) is 5.10 Å². The van der Waals surface area contributed by atoms with Crippen molar-refractivity contribution in [2.45, 2.75) is 20.5 Å². The lowest BCUT2D eigenvalue weighted by Gasteiger charge is -2.12. The number of hydrogen-bond acceptors (Lipinski definition) is 5. The molecule has 1 aromatic heterocycles. The molecule has 0 saturated carbocycles. The van der Waals surface area contributed by atoms with Crippen LogP contribution in [0.15, 0.2) is 77.9 Å².